The first-order chi connectivity index (χ1) is 15.7. The van der Waals surface area contributed by atoms with Gasteiger partial charge in [-0.3, -0.25) is 9.59 Å². The molecule has 1 aliphatic rings. The molecule has 4 N–H and O–H groups in total. The van der Waals surface area contributed by atoms with E-state index in [0.717, 1.165) is 12.1 Å². The van der Waals surface area contributed by atoms with Crippen LogP contribution in [-0.2, 0) is 4.79 Å². The molecule has 5 rings (SSSR count). The minimum Gasteiger partial charge on any atom is -0.507 e. The van der Waals surface area contributed by atoms with Crippen LogP contribution < -0.4 is 10.2 Å². The predicted molar refractivity (Wildman–Crippen MR) is 118 cm³/mol. The van der Waals surface area contributed by atoms with Crippen LogP contribution in [0.5, 0.6) is 28.7 Å². The smallest absolute Gasteiger partial charge is 0.312 e. The minimum absolute atomic E-state index is 0.00886. The van der Waals surface area contributed by atoms with E-state index in [9.17, 15) is 30.0 Å². The number of esters is 1. The molecule has 1 atom stereocenters. The number of aromatic hydroxyl groups is 4. The van der Waals surface area contributed by atoms with Crippen LogP contribution in [0.1, 0.15) is 23.5 Å². The molecule has 4 aromatic rings. The maximum Gasteiger partial charge on any atom is 0.312 e. The van der Waals surface area contributed by atoms with E-state index in [2.05, 4.69) is 0 Å². The lowest BCUT2D eigenvalue weighted by Gasteiger charge is -2.26. The summed E-state index contributed by atoms with van der Waals surface area (Å²) in [5.41, 5.74) is 0.0812. The number of rotatable bonds is 2. The molecule has 166 valence electrons. The summed E-state index contributed by atoms with van der Waals surface area (Å²) in [6.45, 7) is 0. The number of benzene rings is 3. The van der Waals surface area contributed by atoms with Gasteiger partial charge in [0.1, 0.15) is 22.5 Å². The van der Waals surface area contributed by atoms with E-state index in [4.69, 9.17) is 20.8 Å². The van der Waals surface area contributed by atoms with Gasteiger partial charge in [-0.2, -0.15) is 0 Å². The predicted octanol–water partition coefficient (Wildman–Crippen LogP) is 4.38. The quantitative estimate of drug-likeness (QED) is 0.194. The van der Waals surface area contributed by atoms with Gasteiger partial charge in [-0.25, -0.2) is 0 Å². The summed E-state index contributed by atoms with van der Waals surface area (Å²) in [5.74, 6) is -3.66. The van der Waals surface area contributed by atoms with Crippen LogP contribution in [0.25, 0.3) is 22.3 Å². The van der Waals surface area contributed by atoms with E-state index in [0.29, 0.717) is 16.1 Å². The van der Waals surface area contributed by atoms with Crippen molar-refractivity contribution in [1.29, 1.82) is 0 Å². The summed E-state index contributed by atoms with van der Waals surface area (Å²) < 4.78 is 11.2. The van der Waals surface area contributed by atoms with Crippen molar-refractivity contribution >= 4 is 28.5 Å². The molecule has 2 heterocycles. The summed E-state index contributed by atoms with van der Waals surface area (Å²) in [4.78, 5) is 25.3. The van der Waals surface area contributed by atoms with Crippen molar-refractivity contribution in [2.24, 2.45) is 0 Å². The molecule has 3 aromatic carbocycles. The van der Waals surface area contributed by atoms with E-state index in [1.54, 1.807) is 24.3 Å². The van der Waals surface area contributed by atoms with Crippen LogP contribution in [0, 0.1) is 0 Å². The third kappa shape index (κ3) is 3.32. The van der Waals surface area contributed by atoms with Gasteiger partial charge in [0, 0.05) is 28.1 Å². The maximum absolute atomic E-state index is 13.0. The lowest BCUT2D eigenvalue weighted by Crippen LogP contribution is -2.22. The number of carbonyl (C=O) groups excluding carboxylic acids is 1. The molecule has 1 aliphatic heterocycles. The van der Waals surface area contributed by atoms with Crippen molar-refractivity contribution in [2.45, 2.75) is 12.3 Å². The van der Waals surface area contributed by atoms with Gasteiger partial charge in [0.05, 0.1) is 6.42 Å². The minimum atomic E-state index is -0.916. The first kappa shape index (κ1) is 20.7. The number of phenolic OH excluding ortho intramolecular Hbond substituents is 3. The van der Waals surface area contributed by atoms with Crippen molar-refractivity contribution in [2.75, 3.05) is 0 Å². The topological polar surface area (TPSA) is 137 Å². The van der Waals surface area contributed by atoms with Crippen LogP contribution in [0.3, 0.4) is 0 Å². The number of carbonyl (C=O) groups is 1. The Hall–Kier alpha value is -4.17. The van der Waals surface area contributed by atoms with Gasteiger partial charge in [0.25, 0.3) is 0 Å². The van der Waals surface area contributed by atoms with Crippen molar-refractivity contribution in [3.63, 3.8) is 0 Å². The Bertz CT molecular complexity index is 1520. The van der Waals surface area contributed by atoms with E-state index in [-0.39, 0.29) is 34.5 Å². The molecule has 1 aromatic heterocycles. The van der Waals surface area contributed by atoms with Gasteiger partial charge in [-0.1, -0.05) is 23.7 Å². The summed E-state index contributed by atoms with van der Waals surface area (Å²) in [6.07, 6.45) is -0.0763. The average molecular weight is 467 g/mol. The SMILES string of the molecule is O=C1C[C@@H](c2cccc(Cl)c2)c2c(cc(O)c3c(=O)c(O)c(-c4ccc(O)c(O)c4)oc23)O1. The molecule has 0 saturated carbocycles. The van der Waals surface area contributed by atoms with Gasteiger partial charge in [0.2, 0.25) is 11.2 Å². The maximum atomic E-state index is 13.0. The van der Waals surface area contributed by atoms with E-state index in [1.807, 2.05) is 0 Å². The number of halogens is 1. The summed E-state index contributed by atoms with van der Waals surface area (Å²) in [6, 6.07) is 11.6. The second-order valence-electron chi connectivity index (χ2n) is 7.61. The van der Waals surface area contributed by atoms with Gasteiger partial charge in [-0.15, -0.1) is 0 Å². The fourth-order valence-corrected chi connectivity index (χ4v) is 4.25. The molecule has 0 fully saturated rings. The van der Waals surface area contributed by atoms with Crippen molar-refractivity contribution in [3.8, 4) is 40.1 Å². The molecular weight excluding hydrogens is 452 g/mol. The van der Waals surface area contributed by atoms with E-state index in [1.165, 1.54) is 12.1 Å². The molecule has 8 nitrogen and oxygen atoms in total. The van der Waals surface area contributed by atoms with Gasteiger partial charge < -0.3 is 29.6 Å². The first-order valence-corrected chi connectivity index (χ1v) is 10.2. The molecule has 0 amide bonds. The standard InChI is InChI=1S/C24H15ClO8/c25-12-3-1-2-10(6-12)13-8-18(29)32-17-9-16(28)20-21(30)22(31)23(33-24(20)19(13)17)11-4-5-14(26)15(27)7-11/h1-7,9,13,26-28,31H,8H2/t13-/m0/s1. The summed E-state index contributed by atoms with van der Waals surface area (Å²) in [7, 11) is 0. The molecule has 9 heteroatoms. The molecule has 0 unspecified atom stereocenters. The van der Waals surface area contributed by atoms with Gasteiger partial charge >= 0.3 is 5.97 Å². The lowest BCUT2D eigenvalue weighted by molar-refractivity contribution is -0.135. The number of fused-ring (bicyclic) bond motifs is 3. The second-order valence-corrected chi connectivity index (χ2v) is 8.05. The molecule has 0 bridgehead atoms. The third-order valence-electron chi connectivity index (χ3n) is 5.55. The Balaban J connectivity index is 1.86. The molecular formula is C24H15ClO8. The summed E-state index contributed by atoms with van der Waals surface area (Å²) >= 11 is 6.14. The average Bonchev–Trinajstić information content (AvgIpc) is 2.77. The molecule has 0 saturated heterocycles. The zero-order valence-corrected chi connectivity index (χ0v) is 17.5. The highest BCUT2D eigenvalue weighted by atomic mass is 35.5. The third-order valence-corrected chi connectivity index (χ3v) is 5.79. The fraction of sp³-hybridized carbons (Fsp3) is 0.0833. The number of hydrogen-bond acceptors (Lipinski definition) is 8. The van der Waals surface area contributed by atoms with Crippen LogP contribution in [0.2, 0.25) is 5.02 Å². The van der Waals surface area contributed by atoms with Crippen LogP contribution in [-0.4, -0.2) is 26.4 Å². The molecule has 0 aliphatic carbocycles. The van der Waals surface area contributed by atoms with Crippen molar-refractivity contribution in [1.82, 2.24) is 0 Å². The van der Waals surface area contributed by atoms with Gasteiger partial charge in [0.15, 0.2) is 17.3 Å². The highest BCUT2D eigenvalue weighted by Gasteiger charge is 2.34. The van der Waals surface area contributed by atoms with Gasteiger partial charge in [-0.05, 0) is 35.9 Å². The monoisotopic (exact) mass is 466 g/mol. The zero-order chi connectivity index (χ0) is 23.4. The van der Waals surface area contributed by atoms with Crippen LogP contribution in [0.4, 0.5) is 0 Å². The Labute approximate surface area is 190 Å². The molecule has 0 radical (unpaired) electrons. The van der Waals surface area contributed by atoms with Crippen LogP contribution in [0.15, 0.2) is 57.7 Å². The largest absolute Gasteiger partial charge is 0.507 e. The highest BCUT2D eigenvalue weighted by Crippen LogP contribution is 2.47. The molecule has 33 heavy (non-hydrogen) atoms. The van der Waals surface area contributed by atoms with Crippen molar-refractivity contribution in [3.05, 3.63) is 74.9 Å². The number of ether oxygens (including phenoxy) is 1. The second kappa shape index (κ2) is 7.46. The van der Waals surface area contributed by atoms with E-state index >= 15 is 0 Å². The lowest BCUT2D eigenvalue weighted by atomic mass is 9.85. The fourth-order valence-electron chi connectivity index (χ4n) is 4.05. The zero-order valence-electron chi connectivity index (χ0n) is 16.7. The first-order valence-electron chi connectivity index (χ1n) is 9.78. The Morgan fingerprint density at radius 2 is 1.70 bits per heavy atom. The molecule has 0 spiro atoms. The Morgan fingerprint density at radius 3 is 2.42 bits per heavy atom. The normalized spacial score (nSPS) is 15.3. The Kier molecular flexibility index (Phi) is 4.68. The van der Waals surface area contributed by atoms with Crippen LogP contribution >= 0.6 is 11.6 Å². The van der Waals surface area contributed by atoms with Crippen molar-refractivity contribution < 1.29 is 34.4 Å². The number of hydrogen-bond donors (Lipinski definition) is 4. The number of phenols is 3. The Morgan fingerprint density at radius 1 is 0.909 bits per heavy atom. The highest BCUT2D eigenvalue weighted by molar-refractivity contribution is 6.30. The van der Waals surface area contributed by atoms with E-state index < -0.39 is 40.3 Å². The summed E-state index contributed by atoms with van der Waals surface area (Å²) in [5, 5.41) is 40.6.